The molecule has 0 rings (SSSR count). The molecule has 0 aliphatic carbocycles. The van der Waals surface area contributed by atoms with Gasteiger partial charge in [-0.15, -0.1) is 0 Å². The maximum Gasteiger partial charge on any atom is 0.469 e. The topological polar surface area (TPSA) is 104 Å². The van der Waals surface area contributed by atoms with Crippen LogP contribution in [0.4, 0.5) is 0 Å². The number of unbranched alkanes of at least 4 members (excludes halogenated alkanes) is 9. The number of phosphoric acid groups is 1. The first kappa shape index (κ1) is 28.9. The molecule has 0 aromatic heterocycles. The second-order valence-electron chi connectivity index (χ2n) is 6.96. The standard InChI is InChI=1S/C20H43O8P/c1-2-3-4-5-6-7-8-9-10-11-12-24-13-14-25-15-16-26-17-18-27-19-20-28-29(21,22)23/h2-20H2,1H3,(H2,21,22,23). The summed E-state index contributed by atoms with van der Waals surface area (Å²) < 4.78 is 36.1. The third-order valence-electron chi connectivity index (χ3n) is 4.25. The van der Waals surface area contributed by atoms with Gasteiger partial charge in [-0.05, 0) is 6.42 Å². The molecule has 0 heterocycles. The minimum atomic E-state index is -4.40. The summed E-state index contributed by atoms with van der Waals surface area (Å²) in [7, 11) is -4.40. The fraction of sp³-hybridized carbons (Fsp3) is 1.00. The fourth-order valence-electron chi connectivity index (χ4n) is 2.67. The Bertz CT molecular complexity index is 364. The lowest BCUT2D eigenvalue weighted by Gasteiger charge is -2.08. The van der Waals surface area contributed by atoms with Crippen LogP contribution in [0.2, 0.25) is 0 Å². The van der Waals surface area contributed by atoms with Crippen molar-refractivity contribution in [3.8, 4) is 0 Å². The normalized spacial score (nSPS) is 12.0. The van der Waals surface area contributed by atoms with E-state index in [0.717, 1.165) is 13.0 Å². The molecule has 0 aromatic rings. The van der Waals surface area contributed by atoms with Gasteiger partial charge < -0.3 is 28.7 Å². The molecule has 0 bridgehead atoms. The number of ether oxygens (including phenoxy) is 4. The lowest BCUT2D eigenvalue weighted by Crippen LogP contribution is -2.13. The Morgan fingerprint density at radius 3 is 1.28 bits per heavy atom. The van der Waals surface area contributed by atoms with Gasteiger partial charge in [0.05, 0.1) is 52.9 Å². The third kappa shape index (κ3) is 28.0. The van der Waals surface area contributed by atoms with Gasteiger partial charge in [0.2, 0.25) is 0 Å². The lowest BCUT2D eigenvalue weighted by atomic mass is 10.1. The van der Waals surface area contributed by atoms with Crippen LogP contribution in [-0.2, 0) is 28.0 Å². The Labute approximate surface area is 176 Å². The Hall–Kier alpha value is -0.0500. The zero-order valence-corrected chi connectivity index (χ0v) is 19.1. The first-order chi connectivity index (χ1) is 14.1. The molecule has 0 fully saturated rings. The van der Waals surface area contributed by atoms with Crippen molar-refractivity contribution < 1.29 is 37.8 Å². The van der Waals surface area contributed by atoms with E-state index in [4.69, 9.17) is 28.7 Å². The lowest BCUT2D eigenvalue weighted by molar-refractivity contribution is -0.00578. The van der Waals surface area contributed by atoms with Crippen molar-refractivity contribution in [2.45, 2.75) is 71.1 Å². The van der Waals surface area contributed by atoms with Gasteiger partial charge in [0.25, 0.3) is 0 Å². The first-order valence-corrected chi connectivity index (χ1v) is 12.6. The van der Waals surface area contributed by atoms with Gasteiger partial charge in [-0.3, -0.25) is 4.52 Å². The van der Waals surface area contributed by atoms with E-state index in [-0.39, 0.29) is 13.2 Å². The molecular formula is C20H43O8P. The molecule has 9 heteroatoms. The second kappa shape index (κ2) is 22.6. The summed E-state index contributed by atoms with van der Waals surface area (Å²) in [5.74, 6) is 0. The SMILES string of the molecule is CCCCCCCCCCCCOCCOCCOCCOCCOP(=O)(O)O. The maximum atomic E-state index is 10.4. The van der Waals surface area contributed by atoms with Gasteiger partial charge in [0.1, 0.15) is 0 Å². The summed E-state index contributed by atoms with van der Waals surface area (Å²) in [6.45, 7) is 5.92. The highest BCUT2D eigenvalue weighted by Gasteiger charge is 2.12. The highest BCUT2D eigenvalue weighted by molar-refractivity contribution is 7.46. The number of rotatable bonds is 24. The van der Waals surface area contributed by atoms with Crippen molar-refractivity contribution in [2.24, 2.45) is 0 Å². The van der Waals surface area contributed by atoms with Crippen LogP contribution < -0.4 is 0 Å². The van der Waals surface area contributed by atoms with Crippen LogP contribution in [0.15, 0.2) is 0 Å². The molecule has 0 saturated heterocycles. The van der Waals surface area contributed by atoms with Crippen LogP contribution in [0.3, 0.4) is 0 Å². The first-order valence-electron chi connectivity index (χ1n) is 11.1. The predicted molar refractivity (Wildman–Crippen MR) is 113 cm³/mol. The molecule has 0 unspecified atom stereocenters. The van der Waals surface area contributed by atoms with Crippen molar-refractivity contribution in [3.63, 3.8) is 0 Å². The third-order valence-corrected chi connectivity index (χ3v) is 4.76. The molecule has 2 N–H and O–H groups in total. The van der Waals surface area contributed by atoms with Crippen LogP contribution in [0.5, 0.6) is 0 Å². The Kier molecular flexibility index (Phi) is 22.6. The Morgan fingerprint density at radius 2 is 0.862 bits per heavy atom. The second-order valence-corrected chi connectivity index (χ2v) is 8.19. The molecule has 0 atom stereocenters. The molecule has 0 amide bonds. The van der Waals surface area contributed by atoms with Gasteiger partial charge in [-0.2, -0.15) is 0 Å². The van der Waals surface area contributed by atoms with Crippen LogP contribution in [0.25, 0.3) is 0 Å². The van der Waals surface area contributed by atoms with E-state index in [1.54, 1.807) is 0 Å². The van der Waals surface area contributed by atoms with Gasteiger partial charge in [0.15, 0.2) is 0 Å². The van der Waals surface area contributed by atoms with E-state index in [1.165, 1.54) is 57.8 Å². The minimum absolute atomic E-state index is 0.112. The fourth-order valence-corrected chi connectivity index (χ4v) is 2.98. The van der Waals surface area contributed by atoms with E-state index < -0.39 is 7.82 Å². The average Bonchev–Trinajstić information content (AvgIpc) is 2.67. The molecule has 0 aromatic carbocycles. The zero-order chi connectivity index (χ0) is 21.5. The van der Waals surface area contributed by atoms with Crippen LogP contribution in [0.1, 0.15) is 71.1 Å². The number of hydrogen-bond acceptors (Lipinski definition) is 6. The van der Waals surface area contributed by atoms with Gasteiger partial charge >= 0.3 is 7.82 Å². The number of phosphoric ester groups is 1. The molecule has 0 radical (unpaired) electrons. The maximum absolute atomic E-state index is 10.4. The predicted octanol–water partition coefficient (Wildman–Crippen LogP) is 4.08. The monoisotopic (exact) mass is 442 g/mol. The minimum Gasteiger partial charge on any atom is -0.379 e. The highest BCUT2D eigenvalue weighted by atomic mass is 31.2. The van der Waals surface area contributed by atoms with Crippen LogP contribution in [-0.4, -0.2) is 69.2 Å². The smallest absolute Gasteiger partial charge is 0.379 e. The van der Waals surface area contributed by atoms with E-state index in [9.17, 15) is 4.57 Å². The zero-order valence-electron chi connectivity index (χ0n) is 18.2. The van der Waals surface area contributed by atoms with E-state index in [1.807, 2.05) is 0 Å². The quantitative estimate of drug-likeness (QED) is 0.170. The van der Waals surface area contributed by atoms with Crippen molar-refractivity contribution in [2.75, 3.05) is 59.5 Å². The average molecular weight is 443 g/mol. The van der Waals surface area contributed by atoms with Gasteiger partial charge in [0, 0.05) is 6.61 Å². The number of hydrogen-bond donors (Lipinski definition) is 2. The van der Waals surface area contributed by atoms with Crippen LogP contribution in [0, 0.1) is 0 Å². The summed E-state index contributed by atoms with van der Waals surface area (Å²) in [5, 5.41) is 0. The summed E-state index contributed by atoms with van der Waals surface area (Å²) in [6, 6.07) is 0. The molecule has 0 aliphatic rings. The molecule has 29 heavy (non-hydrogen) atoms. The van der Waals surface area contributed by atoms with E-state index >= 15 is 0 Å². The van der Waals surface area contributed by atoms with E-state index in [2.05, 4.69) is 11.4 Å². The molecule has 8 nitrogen and oxygen atoms in total. The highest BCUT2D eigenvalue weighted by Crippen LogP contribution is 2.35. The molecule has 176 valence electrons. The van der Waals surface area contributed by atoms with Gasteiger partial charge in [-0.1, -0.05) is 64.7 Å². The largest absolute Gasteiger partial charge is 0.469 e. The summed E-state index contributed by atoms with van der Waals surface area (Å²) >= 11 is 0. The summed E-state index contributed by atoms with van der Waals surface area (Å²) in [5.41, 5.74) is 0. The van der Waals surface area contributed by atoms with E-state index in [0.29, 0.717) is 39.6 Å². The van der Waals surface area contributed by atoms with Crippen LogP contribution >= 0.6 is 7.82 Å². The molecule has 0 saturated carbocycles. The van der Waals surface area contributed by atoms with Crippen molar-refractivity contribution in [3.05, 3.63) is 0 Å². The van der Waals surface area contributed by atoms with Crippen molar-refractivity contribution >= 4 is 7.82 Å². The van der Waals surface area contributed by atoms with Crippen molar-refractivity contribution in [1.29, 1.82) is 0 Å². The summed E-state index contributed by atoms with van der Waals surface area (Å²) in [4.78, 5) is 17.0. The Balaban J connectivity index is 3.02. The molecular weight excluding hydrogens is 399 g/mol. The molecule has 0 aliphatic heterocycles. The summed E-state index contributed by atoms with van der Waals surface area (Å²) in [6.07, 6.45) is 13.3. The van der Waals surface area contributed by atoms with Gasteiger partial charge in [-0.25, -0.2) is 4.57 Å². The Morgan fingerprint density at radius 1 is 0.517 bits per heavy atom. The van der Waals surface area contributed by atoms with Crippen molar-refractivity contribution in [1.82, 2.24) is 0 Å². The molecule has 0 spiro atoms.